The number of nitrogens with zero attached hydrogens (tertiary/aromatic N) is 8. The molecule has 0 aliphatic carbocycles. The molecular formula is C69H101IN12O13. The summed E-state index contributed by atoms with van der Waals surface area (Å²) < 4.78 is 6.19. The molecule has 3 fully saturated rings. The van der Waals surface area contributed by atoms with Crippen molar-refractivity contribution in [1.29, 1.82) is 0 Å². The van der Waals surface area contributed by atoms with Crippen molar-refractivity contribution in [3.8, 4) is 18.1 Å². The van der Waals surface area contributed by atoms with Crippen LogP contribution in [0.2, 0.25) is 0 Å². The van der Waals surface area contributed by atoms with Gasteiger partial charge in [0.15, 0.2) is 0 Å². The highest BCUT2D eigenvalue weighted by Gasteiger charge is 2.46. The lowest BCUT2D eigenvalue weighted by Gasteiger charge is -2.43. The number of rotatable bonds is 13. The normalized spacial score (nSPS) is 24.9. The van der Waals surface area contributed by atoms with Crippen LogP contribution in [0.1, 0.15) is 124 Å². The SMILES string of the molecule is C#CC[C@@H]1NC(=O)[C@H](Cc2cccc(I)c2)NC(=O)CN(C)C(=O)[C@H](Cc2ccc(OC)cc2)N(C)C(=O)C2CCN2C(=O)CN(C)C(=O)[C@H]([C@@H](C)CC)NC(=O)[C@H](CC(C)C)N(C)C(=O)C[C@@H](C(=O)N2CCCCC2)N(C)C(=O)[C@H](CC(C)C)NC(=O)C(C)(C)N(C)C1=O. The van der Waals surface area contributed by atoms with Gasteiger partial charge < -0.3 is 65.2 Å². The molecule has 0 spiro atoms. The number of nitrogens with one attached hydrogen (secondary N) is 4. The van der Waals surface area contributed by atoms with E-state index in [1.165, 1.54) is 82.8 Å². The lowest BCUT2D eigenvalue weighted by Crippen LogP contribution is -2.64. The van der Waals surface area contributed by atoms with E-state index < -0.39 is 150 Å². The van der Waals surface area contributed by atoms with Gasteiger partial charge in [-0.15, -0.1) is 12.3 Å². The zero-order chi connectivity index (χ0) is 70.9. The van der Waals surface area contributed by atoms with E-state index in [4.69, 9.17) is 11.2 Å². The highest BCUT2D eigenvalue weighted by Crippen LogP contribution is 2.26. The van der Waals surface area contributed by atoms with Crippen molar-refractivity contribution in [3.63, 3.8) is 0 Å². The van der Waals surface area contributed by atoms with E-state index >= 15 is 4.79 Å². The van der Waals surface area contributed by atoms with Crippen LogP contribution in [0.4, 0.5) is 0 Å². The number of benzene rings is 2. The molecule has 3 aliphatic heterocycles. The minimum absolute atomic E-state index is 0.0399. The van der Waals surface area contributed by atoms with Gasteiger partial charge in [-0.1, -0.05) is 72.2 Å². The summed E-state index contributed by atoms with van der Waals surface area (Å²) in [6, 6.07) is 3.78. The Hall–Kier alpha value is -7.83. The van der Waals surface area contributed by atoms with Gasteiger partial charge in [-0.25, -0.2) is 0 Å². The van der Waals surface area contributed by atoms with E-state index in [-0.39, 0.29) is 56.9 Å². The van der Waals surface area contributed by atoms with Gasteiger partial charge in [0, 0.05) is 84.8 Å². The second kappa shape index (κ2) is 35.2. The van der Waals surface area contributed by atoms with Gasteiger partial charge in [-0.3, -0.25) is 57.5 Å². The topological polar surface area (TPSA) is 288 Å². The number of amides is 12. The molecule has 2 aromatic carbocycles. The van der Waals surface area contributed by atoms with Crippen molar-refractivity contribution in [2.24, 2.45) is 17.8 Å². The fraction of sp³-hybridized carbons (Fsp3) is 0.623. The van der Waals surface area contributed by atoms with Crippen molar-refractivity contribution in [2.75, 3.05) is 82.1 Å². The van der Waals surface area contributed by atoms with Crippen LogP contribution in [0.5, 0.6) is 5.75 Å². The standard InChI is InChI=1S/C69H101IN12O13/c1-17-23-49-63(89)80(15)69(8,9)68(94)73-51(34-42(3)4)62(88)78(13)55(66(92)81-31-20-19-21-32-81)39-57(84)77(12)53(35-43(5)6)61(87)74-59(44(7)18-2)67(93)76(11)41-58(85)82-33-30-52(82)65(91)79(14)54(38-45-26-28-48(95-16)29-27-45)64(90)75(10)40-56(83)71-50(60(86)72-49)37-46-24-22-25-47(70)36-46/h1,22,24-29,36,42-44,49-55,59H,18-21,23,30-35,37-41H2,2-16H3,(H,71,83)(H,72,86)(H,73,94)(H,74,87)/t44-,49-,50-,51-,52?,53-,54-,55-,59-/m0/s1. The molecule has 95 heavy (non-hydrogen) atoms. The number of fused-ring (bicyclic) bond motifs is 1. The van der Waals surface area contributed by atoms with E-state index in [1.54, 1.807) is 54.3 Å². The number of hydrogen-bond donors (Lipinski definition) is 4. The summed E-state index contributed by atoms with van der Waals surface area (Å²) in [4.78, 5) is 187. The predicted molar refractivity (Wildman–Crippen MR) is 366 cm³/mol. The maximum Gasteiger partial charge on any atom is 0.246 e. The number of ether oxygens (including phenoxy) is 1. The first-order valence-electron chi connectivity index (χ1n) is 32.8. The first kappa shape index (κ1) is 77.9. The highest BCUT2D eigenvalue weighted by atomic mass is 127. The van der Waals surface area contributed by atoms with E-state index in [0.717, 1.165) is 24.7 Å². The van der Waals surface area contributed by atoms with Crippen LogP contribution in [0.25, 0.3) is 0 Å². The maximum atomic E-state index is 15.1. The molecule has 3 aliphatic rings. The second-order valence-electron chi connectivity index (χ2n) is 26.9. The first-order chi connectivity index (χ1) is 44.7. The van der Waals surface area contributed by atoms with Crippen molar-refractivity contribution < 1.29 is 62.3 Å². The Morgan fingerprint density at radius 3 is 1.85 bits per heavy atom. The van der Waals surface area contributed by atoms with E-state index in [0.29, 0.717) is 49.2 Å². The predicted octanol–water partition coefficient (Wildman–Crippen LogP) is 2.84. The molecule has 3 heterocycles. The monoisotopic (exact) mass is 1430 g/mol. The molecule has 2 aromatic rings. The van der Waals surface area contributed by atoms with Crippen molar-refractivity contribution in [3.05, 3.63) is 63.2 Å². The maximum absolute atomic E-state index is 15.1. The smallest absolute Gasteiger partial charge is 0.246 e. The molecule has 0 aromatic heterocycles. The molecule has 0 radical (unpaired) electrons. The number of likely N-dealkylation sites (tertiary alicyclic amines) is 1. The summed E-state index contributed by atoms with van der Waals surface area (Å²) in [7, 11) is 9.88. The van der Waals surface area contributed by atoms with Gasteiger partial charge in [0.05, 0.1) is 26.6 Å². The van der Waals surface area contributed by atoms with Crippen LogP contribution in [-0.4, -0.2) is 246 Å². The molecule has 9 atom stereocenters. The Morgan fingerprint density at radius 2 is 1.28 bits per heavy atom. The molecule has 522 valence electrons. The molecule has 0 bridgehead atoms. The number of terminal acetylenes is 1. The molecule has 5 rings (SSSR count). The Morgan fingerprint density at radius 1 is 0.653 bits per heavy atom. The van der Waals surface area contributed by atoms with Gasteiger partial charge >= 0.3 is 0 Å². The van der Waals surface area contributed by atoms with Crippen LogP contribution in [-0.2, 0) is 70.4 Å². The lowest BCUT2D eigenvalue weighted by atomic mass is 9.95. The summed E-state index contributed by atoms with van der Waals surface area (Å²) in [5, 5.41) is 11.2. The molecule has 26 heteroatoms. The number of likely N-dealkylation sites (N-methyl/N-ethyl adjacent to an activating group) is 6. The van der Waals surface area contributed by atoms with Gasteiger partial charge in [-0.2, -0.15) is 0 Å². The first-order valence-corrected chi connectivity index (χ1v) is 33.9. The van der Waals surface area contributed by atoms with Gasteiger partial charge in [0.1, 0.15) is 59.6 Å². The van der Waals surface area contributed by atoms with Crippen LogP contribution < -0.4 is 26.0 Å². The summed E-state index contributed by atoms with van der Waals surface area (Å²) in [5.74, 6) is -6.10. The zero-order valence-corrected chi connectivity index (χ0v) is 60.3. The number of hydrogen-bond acceptors (Lipinski definition) is 13. The third-order valence-corrected chi connectivity index (χ3v) is 19.2. The minimum atomic E-state index is -1.76. The number of halogens is 1. The average Bonchev–Trinajstić information content (AvgIpc) is 0.804. The molecule has 0 saturated carbocycles. The molecule has 12 amide bonds. The number of carbonyl (C=O) groups excluding carboxylic acids is 12. The molecular weight excluding hydrogens is 1330 g/mol. The highest BCUT2D eigenvalue weighted by molar-refractivity contribution is 14.1. The third kappa shape index (κ3) is 20.6. The van der Waals surface area contributed by atoms with Crippen LogP contribution in [0, 0.1) is 33.7 Å². The Balaban J connectivity index is 1.61. The van der Waals surface area contributed by atoms with E-state index in [9.17, 15) is 52.7 Å². The Bertz CT molecular complexity index is 3150. The average molecular weight is 1430 g/mol. The molecule has 1 unspecified atom stereocenters. The summed E-state index contributed by atoms with van der Waals surface area (Å²) in [6.07, 6.45) is 7.86. The largest absolute Gasteiger partial charge is 0.497 e. The molecule has 3 saturated heterocycles. The summed E-state index contributed by atoms with van der Waals surface area (Å²) in [6.45, 7) is 13.7. The minimum Gasteiger partial charge on any atom is -0.497 e. The number of methoxy groups -OCH3 is 1. The third-order valence-electron chi connectivity index (χ3n) is 18.5. The van der Waals surface area contributed by atoms with E-state index in [2.05, 4.69) is 49.8 Å². The zero-order valence-electron chi connectivity index (χ0n) is 58.1. The quantitative estimate of drug-likeness (QED) is 0.166. The van der Waals surface area contributed by atoms with Gasteiger partial charge in [-0.05, 0) is 128 Å². The fourth-order valence-corrected chi connectivity index (χ4v) is 12.5. The van der Waals surface area contributed by atoms with Crippen LogP contribution in [0.3, 0.4) is 0 Å². The fourth-order valence-electron chi connectivity index (χ4n) is 11.9. The molecule has 4 N–H and O–H groups in total. The number of carbonyl (C=O) groups is 12. The van der Waals surface area contributed by atoms with Gasteiger partial charge in [0.25, 0.3) is 0 Å². The number of piperidine rings is 1. The Kier molecular flexibility index (Phi) is 28.9. The van der Waals surface area contributed by atoms with Gasteiger partial charge in [0.2, 0.25) is 70.9 Å². The van der Waals surface area contributed by atoms with Crippen molar-refractivity contribution in [1.82, 2.24) is 60.5 Å². The van der Waals surface area contributed by atoms with Crippen molar-refractivity contribution >= 4 is 93.5 Å². The van der Waals surface area contributed by atoms with Crippen LogP contribution in [0.15, 0.2) is 48.5 Å². The van der Waals surface area contributed by atoms with Crippen molar-refractivity contribution in [2.45, 2.75) is 180 Å². The van der Waals surface area contributed by atoms with Crippen LogP contribution >= 0.6 is 22.6 Å². The lowest BCUT2D eigenvalue weighted by molar-refractivity contribution is -0.157. The van der Waals surface area contributed by atoms with E-state index in [1.807, 2.05) is 40.7 Å². The summed E-state index contributed by atoms with van der Waals surface area (Å²) >= 11 is 2.11. The second-order valence-corrected chi connectivity index (χ2v) is 28.2. The summed E-state index contributed by atoms with van der Waals surface area (Å²) in [5.41, 5.74) is -0.505. The molecule has 25 nitrogen and oxygen atoms in total. The Labute approximate surface area is 574 Å².